The number of likely N-dealkylation sites (tertiary alicyclic amines) is 1. The summed E-state index contributed by atoms with van der Waals surface area (Å²) in [5, 5.41) is 9.37. The minimum Gasteiger partial charge on any atom is -0.367 e. The zero-order valence-corrected chi connectivity index (χ0v) is 12.1. The second-order valence-corrected chi connectivity index (χ2v) is 5.49. The molecule has 4 N–H and O–H groups in total. The molecule has 1 saturated heterocycles. The molecule has 112 valence electrons. The van der Waals surface area contributed by atoms with Crippen LogP contribution in [0.25, 0.3) is 0 Å². The second-order valence-electron chi connectivity index (χ2n) is 5.49. The molecule has 1 fully saturated rings. The summed E-state index contributed by atoms with van der Waals surface area (Å²) in [4.78, 5) is 20.0. The number of rotatable bonds is 5. The quantitative estimate of drug-likeness (QED) is 0.676. The highest BCUT2D eigenvalue weighted by Gasteiger charge is 2.26. The van der Waals surface area contributed by atoms with Crippen LogP contribution < -0.4 is 11.1 Å². The van der Waals surface area contributed by atoms with Gasteiger partial charge >= 0.3 is 6.03 Å². The third-order valence-corrected chi connectivity index (χ3v) is 3.38. The first-order valence-electron chi connectivity index (χ1n) is 6.89. The number of nitrogens with one attached hydrogen (secondary N) is 2. The Morgan fingerprint density at radius 2 is 2.40 bits per heavy atom. The molecule has 1 aromatic heterocycles. The van der Waals surface area contributed by atoms with E-state index < -0.39 is 0 Å². The van der Waals surface area contributed by atoms with Crippen molar-refractivity contribution in [3.05, 3.63) is 5.82 Å². The molecule has 0 saturated carbocycles. The van der Waals surface area contributed by atoms with Crippen molar-refractivity contribution >= 4 is 12.0 Å². The smallest absolute Gasteiger partial charge is 0.317 e. The Labute approximate surface area is 118 Å². The van der Waals surface area contributed by atoms with Crippen molar-refractivity contribution < 1.29 is 4.79 Å². The summed E-state index contributed by atoms with van der Waals surface area (Å²) in [6.07, 6.45) is 1.68. The maximum Gasteiger partial charge on any atom is 0.317 e. The Bertz CT molecular complexity index is 445. The summed E-state index contributed by atoms with van der Waals surface area (Å²) in [6.45, 7) is 3.22. The van der Waals surface area contributed by atoms with Crippen LogP contribution in [-0.4, -0.2) is 71.3 Å². The van der Waals surface area contributed by atoms with Crippen LogP contribution >= 0.6 is 0 Å². The summed E-state index contributed by atoms with van der Waals surface area (Å²) in [6, 6.07) is -0.00116. The topological polar surface area (TPSA) is 103 Å². The first-order chi connectivity index (χ1) is 9.54. The number of H-pyrrole nitrogens is 1. The van der Waals surface area contributed by atoms with Gasteiger partial charge in [-0.2, -0.15) is 4.98 Å². The molecule has 1 atom stereocenters. The largest absolute Gasteiger partial charge is 0.367 e. The fourth-order valence-corrected chi connectivity index (χ4v) is 2.50. The van der Waals surface area contributed by atoms with Crippen LogP contribution in [0.5, 0.6) is 0 Å². The van der Waals surface area contributed by atoms with E-state index >= 15 is 0 Å². The maximum atomic E-state index is 12.0. The number of aromatic amines is 1. The maximum absolute atomic E-state index is 12.0. The van der Waals surface area contributed by atoms with E-state index in [0.717, 1.165) is 26.1 Å². The molecule has 8 heteroatoms. The van der Waals surface area contributed by atoms with Crippen molar-refractivity contribution in [1.82, 2.24) is 30.3 Å². The lowest BCUT2D eigenvalue weighted by Gasteiger charge is -2.18. The van der Waals surface area contributed by atoms with Crippen molar-refractivity contribution in [1.29, 1.82) is 0 Å². The van der Waals surface area contributed by atoms with E-state index in [9.17, 15) is 4.79 Å². The number of aromatic nitrogens is 3. The Morgan fingerprint density at radius 3 is 3.05 bits per heavy atom. The van der Waals surface area contributed by atoms with Crippen LogP contribution in [0.15, 0.2) is 0 Å². The fraction of sp³-hybridized carbons (Fsp3) is 0.750. The Kier molecular flexibility index (Phi) is 4.78. The van der Waals surface area contributed by atoms with Crippen LogP contribution in [0.1, 0.15) is 12.2 Å². The van der Waals surface area contributed by atoms with Gasteiger partial charge in [-0.3, -0.25) is 5.10 Å². The van der Waals surface area contributed by atoms with Gasteiger partial charge in [-0.1, -0.05) is 0 Å². The zero-order valence-electron chi connectivity index (χ0n) is 12.1. The summed E-state index contributed by atoms with van der Waals surface area (Å²) in [5.41, 5.74) is 5.41. The van der Waals surface area contributed by atoms with E-state index in [1.807, 2.05) is 4.90 Å². The lowest BCUT2D eigenvalue weighted by Crippen LogP contribution is -2.40. The first kappa shape index (κ1) is 14.6. The number of anilines is 1. The molecule has 20 heavy (non-hydrogen) atoms. The molecule has 2 amide bonds. The highest BCUT2D eigenvalue weighted by atomic mass is 16.2. The molecule has 8 nitrogen and oxygen atoms in total. The van der Waals surface area contributed by atoms with Crippen LogP contribution in [0.2, 0.25) is 0 Å². The third-order valence-electron chi connectivity index (χ3n) is 3.38. The number of urea groups is 1. The van der Waals surface area contributed by atoms with Gasteiger partial charge < -0.3 is 20.9 Å². The van der Waals surface area contributed by atoms with Crippen molar-refractivity contribution in [3.8, 4) is 0 Å². The standard InChI is InChI=1S/C12H23N7O/c1-18(2)7-9-4-6-19(8-9)12(20)14-5-3-10-15-11(13)17-16-10/h9H,3-8H2,1-2H3,(H,14,20)(H3,13,15,16,17). The number of nitrogen functional groups attached to an aromatic ring is 1. The van der Waals surface area contributed by atoms with Gasteiger partial charge in [0.15, 0.2) is 0 Å². The van der Waals surface area contributed by atoms with E-state index in [1.165, 1.54) is 0 Å². The van der Waals surface area contributed by atoms with Gasteiger partial charge in [0.05, 0.1) is 0 Å². The number of carbonyl (C=O) groups is 1. The van der Waals surface area contributed by atoms with Gasteiger partial charge in [-0.15, -0.1) is 5.10 Å². The highest BCUT2D eigenvalue weighted by molar-refractivity contribution is 5.74. The molecular weight excluding hydrogens is 258 g/mol. The van der Waals surface area contributed by atoms with E-state index in [0.29, 0.717) is 24.7 Å². The molecule has 1 aromatic rings. The third kappa shape index (κ3) is 4.09. The summed E-state index contributed by atoms with van der Waals surface area (Å²) < 4.78 is 0. The predicted molar refractivity (Wildman–Crippen MR) is 76.1 cm³/mol. The van der Waals surface area contributed by atoms with Gasteiger partial charge in [0, 0.05) is 32.6 Å². The summed E-state index contributed by atoms with van der Waals surface area (Å²) in [7, 11) is 4.12. The van der Waals surface area contributed by atoms with Gasteiger partial charge in [0.2, 0.25) is 5.95 Å². The lowest BCUT2D eigenvalue weighted by molar-refractivity contribution is 0.205. The fourth-order valence-electron chi connectivity index (χ4n) is 2.50. The average Bonchev–Trinajstić information content (AvgIpc) is 2.98. The second kappa shape index (κ2) is 6.56. The number of nitrogens with zero attached hydrogens (tertiary/aromatic N) is 4. The summed E-state index contributed by atoms with van der Waals surface area (Å²) in [5.74, 6) is 1.50. The van der Waals surface area contributed by atoms with Crippen molar-refractivity contribution in [3.63, 3.8) is 0 Å². The Hall–Kier alpha value is -1.83. The van der Waals surface area contributed by atoms with Crippen molar-refractivity contribution in [2.45, 2.75) is 12.8 Å². The lowest BCUT2D eigenvalue weighted by atomic mass is 10.1. The molecular formula is C12H23N7O. The Morgan fingerprint density at radius 1 is 1.60 bits per heavy atom. The van der Waals surface area contributed by atoms with Crippen LogP contribution in [0, 0.1) is 5.92 Å². The van der Waals surface area contributed by atoms with E-state index in [1.54, 1.807) is 0 Å². The van der Waals surface area contributed by atoms with E-state index in [2.05, 4.69) is 39.5 Å². The molecule has 0 bridgehead atoms. The van der Waals surface area contributed by atoms with Gasteiger partial charge in [0.1, 0.15) is 5.82 Å². The number of hydrogen-bond donors (Lipinski definition) is 3. The van der Waals surface area contributed by atoms with Gasteiger partial charge in [-0.05, 0) is 26.4 Å². The first-order valence-corrected chi connectivity index (χ1v) is 6.89. The van der Waals surface area contributed by atoms with Crippen molar-refractivity contribution in [2.24, 2.45) is 5.92 Å². The zero-order chi connectivity index (χ0) is 14.5. The highest BCUT2D eigenvalue weighted by Crippen LogP contribution is 2.16. The minimum atomic E-state index is -0.00116. The van der Waals surface area contributed by atoms with Crippen LogP contribution in [0.4, 0.5) is 10.7 Å². The number of hydrogen-bond acceptors (Lipinski definition) is 5. The van der Waals surface area contributed by atoms with E-state index in [4.69, 9.17) is 5.73 Å². The van der Waals surface area contributed by atoms with Gasteiger partial charge in [0.25, 0.3) is 0 Å². The monoisotopic (exact) mass is 281 g/mol. The molecule has 2 heterocycles. The average molecular weight is 281 g/mol. The number of nitrogens with two attached hydrogens (primary N) is 1. The van der Waals surface area contributed by atoms with E-state index in [-0.39, 0.29) is 12.0 Å². The molecule has 1 aliphatic rings. The summed E-state index contributed by atoms with van der Waals surface area (Å²) >= 11 is 0. The predicted octanol–water partition coefficient (Wildman–Crippen LogP) is -0.477. The number of carbonyl (C=O) groups excluding carboxylic acids is 1. The molecule has 1 aliphatic heterocycles. The van der Waals surface area contributed by atoms with Gasteiger partial charge in [-0.25, -0.2) is 4.79 Å². The van der Waals surface area contributed by atoms with Crippen LogP contribution in [0.3, 0.4) is 0 Å². The molecule has 0 aliphatic carbocycles. The molecule has 2 rings (SSSR count). The molecule has 0 aromatic carbocycles. The molecule has 1 unspecified atom stereocenters. The molecule has 0 spiro atoms. The SMILES string of the molecule is CN(C)CC1CCN(C(=O)NCCc2nc(N)n[nH]2)C1. The minimum absolute atomic E-state index is 0.00116. The Balaban J connectivity index is 1.68. The van der Waals surface area contributed by atoms with Crippen molar-refractivity contribution in [2.75, 3.05) is 46.0 Å². The van der Waals surface area contributed by atoms with Crippen LogP contribution in [-0.2, 0) is 6.42 Å². The molecule has 0 radical (unpaired) electrons. The number of amides is 2. The normalized spacial score (nSPS) is 18.8.